The van der Waals surface area contributed by atoms with Crippen LogP contribution in [-0.4, -0.2) is 50.8 Å². The Kier molecular flexibility index (Phi) is 4.35. The van der Waals surface area contributed by atoms with Gasteiger partial charge in [-0.2, -0.15) is 0 Å². The zero-order chi connectivity index (χ0) is 13.2. The quantitative estimate of drug-likeness (QED) is 0.832. The third-order valence-corrected chi connectivity index (χ3v) is 5.31. The number of likely N-dealkylation sites (tertiary alicyclic amines) is 1. The van der Waals surface area contributed by atoms with Gasteiger partial charge in [0.2, 0.25) is 0 Å². The Bertz CT molecular complexity index is 272. The number of ether oxygens (including phenoxy) is 1. The lowest BCUT2D eigenvalue weighted by atomic mass is 9.79. The van der Waals surface area contributed by atoms with Crippen molar-refractivity contribution in [2.45, 2.75) is 46.1 Å². The fourth-order valence-electron chi connectivity index (χ4n) is 3.48. The summed E-state index contributed by atoms with van der Waals surface area (Å²) in [7, 11) is 2.07. The van der Waals surface area contributed by atoms with Crippen molar-refractivity contribution < 1.29 is 4.74 Å². The Morgan fingerprint density at radius 1 is 1.28 bits per heavy atom. The molecule has 2 rings (SSSR count). The monoisotopic (exact) mass is 254 g/mol. The van der Waals surface area contributed by atoms with Gasteiger partial charge >= 0.3 is 0 Å². The molecule has 2 aliphatic heterocycles. The highest BCUT2D eigenvalue weighted by Crippen LogP contribution is 2.40. The molecular weight excluding hydrogens is 224 g/mol. The highest BCUT2D eigenvalue weighted by atomic mass is 16.5. The maximum atomic E-state index is 5.52. The Morgan fingerprint density at radius 3 is 2.56 bits per heavy atom. The van der Waals surface area contributed by atoms with Crippen LogP contribution in [0.3, 0.4) is 0 Å². The first kappa shape index (κ1) is 14.3. The van der Waals surface area contributed by atoms with E-state index < -0.39 is 0 Å². The van der Waals surface area contributed by atoms with Gasteiger partial charge < -0.3 is 15.0 Å². The minimum atomic E-state index is 0.339. The Hall–Kier alpha value is -0.120. The molecule has 1 spiro atoms. The molecule has 0 radical (unpaired) electrons. The first-order valence-electron chi connectivity index (χ1n) is 7.45. The molecule has 3 heteroatoms. The summed E-state index contributed by atoms with van der Waals surface area (Å²) in [6.07, 6.45) is 3.91. The normalized spacial score (nSPS) is 26.7. The molecule has 18 heavy (non-hydrogen) atoms. The minimum Gasteiger partial charge on any atom is -0.381 e. The van der Waals surface area contributed by atoms with Crippen molar-refractivity contribution in [1.29, 1.82) is 0 Å². The van der Waals surface area contributed by atoms with Crippen molar-refractivity contribution >= 4 is 0 Å². The van der Waals surface area contributed by atoms with Crippen LogP contribution in [0.4, 0.5) is 0 Å². The molecule has 106 valence electrons. The van der Waals surface area contributed by atoms with Crippen LogP contribution in [0.25, 0.3) is 0 Å². The summed E-state index contributed by atoms with van der Waals surface area (Å²) in [6, 6.07) is 0.559. The predicted molar refractivity (Wildman–Crippen MR) is 75.8 cm³/mol. The van der Waals surface area contributed by atoms with Crippen LogP contribution in [0.5, 0.6) is 0 Å². The van der Waals surface area contributed by atoms with Crippen LogP contribution < -0.4 is 5.32 Å². The van der Waals surface area contributed by atoms with Crippen LogP contribution in [0.15, 0.2) is 0 Å². The van der Waals surface area contributed by atoms with Crippen molar-refractivity contribution in [2.75, 3.05) is 39.9 Å². The van der Waals surface area contributed by atoms with Gasteiger partial charge in [-0.3, -0.25) is 0 Å². The SMILES string of the molecule is CNC(C)C(C)(C)CN1CCC2(CCOCC2)C1. The highest BCUT2D eigenvalue weighted by molar-refractivity contribution is 4.94. The lowest BCUT2D eigenvalue weighted by Gasteiger charge is -2.37. The van der Waals surface area contributed by atoms with E-state index in [1.54, 1.807) is 0 Å². The lowest BCUT2D eigenvalue weighted by Crippen LogP contribution is -2.45. The van der Waals surface area contributed by atoms with Gasteiger partial charge in [0, 0.05) is 32.3 Å². The number of hydrogen-bond acceptors (Lipinski definition) is 3. The molecule has 0 bridgehead atoms. The van der Waals surface area contributed by atoms with Crippen molar-refractivity contribution in [1.82, 2.24) is 10.2 Å². The van der Waals surface area contributed by atoms with Crippen LogP contribution >= 0.6 is 0 Å². The fraction of sp³-hybridized carbons (Fsp3) is 1.00. The fourth-order valence-corrected chi connectivity index (χ4v) is 3.48. The standard InChI is InChI=1S/C15H30N2O/c1-13(16-4)14(2,3)11-17-8-5-15(12-17)6-9-18-10-7-15/h13,16H,5-12H2,1-4H3. The summed E-state index contributed by atoms with van der Waals surface area (Å²) in [5.74, 6) is 0. The summed E-state index contributed by atoms with van der Waals surface area (Å²) in [5, 5.41) is 3.40. The van der Waals surface area contributed by atoms with Crippen LogP contribution in [0.2, 0.25) is 0 Å². The van der Waals surface area contributed by atoms with Crippen LogP contribution in [0.1, 0.15) is 40.0 Å². The maximum Gasteiger partial charge on any atom is 0.0471 e. The van der Waals surface area contributed by atoms with Crippen molar-refractivity contribution in [3.63, 3.8) is 0 Å². The summed E-state index contributed by atoms with van der Waals surface area (Å²) in [6.45, 7) is 12.8. The van der Waals surface area contributed by atoms with Gasteiger partial charge in [0.1, 0.15) is 0 Å². The van der Waals surface area contributed by atoms with Gasteiger partial charge in [-0.1, -0.05) is 13.8 Å². The average molecular weight is 254 g/mol. The van der Waals surface area contributed by atoms with E-state index in [0.29, 0.717) is 16.9 Å². The zero-order valence-corrected chi connectivity index (χ0v) is 12.6. The van der Waals surface area contributed by atoms with Gasteiger partial charge in [-0.15, -0.1) is 0 Å². The molecule has 3 nitrogen and oxygen atoms in total. The first-order valence-corrected chi connectivity index (χ1v) is 7.45. The smallest absolute Gasteiger partial charge is 0.0471 e. The molecule has 2 aliphatic rings. The topological polar surface area (TPSA) is 24.5 Å². The molecule has 2 fully saturated rings. The molecule has 0 aliphatic carbocycles. The molecule has 0 saturated carbocycles. The average Bonchev–Trinajstić information content (AvgIpc) is 2.71. The van der Waals surface area contributed by atoms with Crippen LogP contribution in [0, 0.1) is 10.8 Å². The molecular formula is C15H30N2O. The van der Waals surface area contributed by atoms with E-state index in [-0.39, 0.29) is 0 Å². The van der Waals surface area contributed by atoms with Gasteiger partial charge in [-0.05, 0) is 50.6 Å². The maximum absolute atomic E-state index is 5.52. The highest BCUT2D eigenvalue weighted by Gasteiger charge is 2.41. The Morgan fingerprint density at radius 2 is 1.94 bits per heavy atom. The summed E-state index contributed by atoms with van der Waals surface area (Å²) in [4.78, 5) is 2.68. The number of nitrogens with one attached hydrogen (secondary N) is 1. The lowest BCUT2D eigenvalue weighted by molar-refractivity contribution is 0.0171. The molecule has 1 N–H and O–H groups in total. The van der Waals surface area contributed by atoms with Gasteiger partial charge in [0.25, 0.3) is 0 Å². The summed E-state index contributed by atoms with van der Waals surface area (Å²) in [5.41, 5.74) is 0.919. The van der Waals surface area contributed by atoms with E-state index in [4.69, 9.17) is 4.74 Å². The predicted octanol–water partition coefficient (Wildman–Crippen LogP) is 2.12. The molecule has 0 amide bonds. The minimum absolute atomic E-state index is 0.339. The number of nitrogens with zero attached hydrogens (tertiary/aromatic N) is 1. The number of rotatable bonds is 4. The molecule has 0 aromatic heterocycles. The van der Waals surface area contributed by atoms with Gasteiger partial charge in [0.05, 0.1) is 0 Å². The second-order valence-corrected chi connectivity index (χ2v) is 7.07. The largest absolute Gasteiger partial charge is 0.381 e. The molecule has 0 aromatic rings. The van der Waals surface area contributed by atoms with Crippen molar-refractivity contribution in [2.24, 2.45) is 10.8 Å². The van der Waals surface area contributed by atoms with Gasteiger partial charge in [-0.25, -0.2) is 0 Å². The van der Waals surface area contributed by atoms with Crippen molar-refractivity contribution in [3.8, 4) is 0 Å². The van der Waals surface area contributed by atoms with Crippen LogP contribution in [-0.2, 0) is 4.74 Å². The van der Waals surface area contributed by atoms with E-state index in [1.807, 2.05) is 0 Å². The van der Waals surface area contributed by atoms with Gasteiger partial charge in [0.15, 0.2) is 0 Å². The third kappa shape index (κ3) is 3.06. The van der Waals surface area contributed by atoms with E-state index in [0.717, 1.165) is 13.2 Å². The Balaban J connectivity index is 1.89. The Labute approximate surface area is 112 Å². The molecule has 2 saturated heterocycles. The van der Waals surface area contributed by atoms with E-state index in [9.17, 15) is 0 Å². The molecule has 1 unspecified atom stereocenters. The third-order valence-electron chi connectivity index (χ3n) is 5.31. The second kappa shape index (κ2) is 5.48. The number of hydrogen-bond donors (Lipinski definition) is 1. The molecule has 0 aromatic carbocycles. The van der Waals surface area contributed by atoms with E-state index in [1.165, 1.54) is 38.9 Å². The first-order chi connectivity index (χ1) is 8.47. The van der Waals surface area contributed by atoms with E-state index >= 15 is 0 Å². The second-order valence-electron chi connectivity index (χ2n) is 7.07. The zero-order valence-electron chi connectivity index (χ0n) is 12.6. The summed E-state index contributed by atoms with van der Waals surface area (Å²) >= 11 is 0. The summed E-state index contributed by atoms with van der Waals surface area (Å²) < 4.78 is 5.52. The molecule has 2 heterocycles. The van der Waals surface area contributed by atoms with Crippen molar-refractivity contribution in [3.05, 3.63) is 0 Å². The van der Waals surface area contributed by atoms with E-state index in [2.05, 4.69) is 38.0 Å². The molecule has 1 atom stereocenters.